The van der Waals surface area contributed by atoms with Crippen LogP contribution in [0.1, 0.15) is 31.0 Å². The van der Waals surface area contributed by atoms with Gasteiger partial charge in [-0.15, -0.1) is 0 Å². The molecule has 0 aliphatic heterocycles. The van der Waals surface area contributed by atoms with Crippen molar-refractivity contribution in [3.8, 4) is 0 Å². The quantitative estimate of drug-likeness (QED) is 0.861. The summed E-state index contributed by atoms with van der Waals surface area (Å²) < 4.78 is 38.5. The Morgan fingerprint density at radius 1 is 1.32 bits per heavy atom. The zero-order valence-electron chi connectivity index (χ0n) is 10.1. The van der Waals surface area contributed by atoms with Crippen LogP contribution in [0.3, 0.4) is 0 Å². The monoisotopic (exact) mass is 334 g/mol. The summed E-state index contributed by atoms with van der Waals surface area (Å²) in [7, 11) is 0. The summed E-state index contributed by atoms with van der Waals surface area (Å²) in [5, 5.41) is 0.302. The first-order valence-corrected chi connectivity index (χ1v) is 6.30. The lowest BCUT2D eigenvalue weighted by atomic mass is 10.0. The highest BCUT2D eigenvalue weighted by molar-refractivity contribution is 9.10. The molecule has 2 rings (SSSR count). The fourth-order valence-electron chi connectivity index (χ4n) is 1.85. The summed E-state index contributed by atoms with van der Waals surface area (Å²) in [5.74, 6) is -0.117. The second-order valence-electron chi connectivity index (χ2n) is 4.46. The molecule has 0 spiro atoms. The maximum Gasteiger partial charge on any atom is 0.416 e. The van der Waals surface area contributed by atoms with E-state index in [1.807, 2.05) is 0 Å². The van der Waals surface area contributed by atoms with Gasteiger partial charge in [0.1, 0.15) is 0 Å². The number of alkyl halides is 3. The summed E-state index contributed by atoms with van der Waals surface area (Å²) in [6, 6.07) is 1.94. The molecule has 0 aliphatic rings. The van der Waals surface area contributed by atoms with Gasteiger partial charge in [-0.3, -0.25) is 0 Å². The van der Waals surface area contributed by atoms with Gasteiger partial charge in [0.15, 0.2) is 0 Å². The first-order chi connectivity index (χ1) is 8.70. The second kappa shape index (κ2) is 4.63. The van der Waals surface area contributed by atoms with Crippen LogP contribution in [-0.2, 0) is 6.18 Å². The van der Waals surface area contributed by atoms with Crippen LogP contribution in [-0.4, -0.2) is 9.97 Å². The van der Waals surface area contributed by atoms with E-state index >= 15 is 0 Å². The molecule has 0 saturated carbocycles. The van der Waals surface area contributed by atoms with Crippen LogP contribution >= 0.6 is 15.9 Å². The Bertz CT molecular complexity index is 692. The number of nitrogens with one attached hydrogen (secondary N) is 1. The molecule has 19 heavy (non-hydrogen) atoms. The summed E-state index contributed by atoms with van der Waals surface area (Å²) in [6.45, 7) is 3.58. The van der Waals surface area contributed by atoms with E-state index in [4.69, 9.17) is 0 Å². The van der Waals surface area contributed by atoms with Crippen molar-refractivity contribution in [1.82, 2.24) is 9.97 Å². The molecule has 0 saturated heterocycles. The molecule has 1 aromatic carbocycles. The predicted octanol–water partition coefficient (Wildman–Crippen LogP) is 3.83. The zero-order chi connectivity index (χ0) is 14.4. The Hall–Kier alpha value is -1.37. The van der Waals surface area contributed by atoms with Gasteiger partial charge in [-0.25, -0.2) is 4.79 Å². The molecule has 3 nitrogen and oxygen atoms in total. The van der Waals surface area contributed by atoms with E-state index in [0.717, 1.165) is 12.1 Å². The van der Waals surface area contributed by atoms with Crippen LogP contribution < -0.4 is 5.69 Å². The average Bonchev–Trinajstić information content (AvgIpc) is 2.27. The molecule has 0 radical (unpaired) electrons. The molecular formula is C12H10BrF3N2O. The Morgan fingerprint density at radius 3 is 2.47 bits per heavy atom. The van der Waals surface area contributed by atoms with Crippen LogP contribution in [0, 0.1) is 0 Å². The predicted molar refractivity (Wildman–Crippen MR) is 69.2 cm³/mol. The number of nitrogens with zero attached hydrogens (tertiary/aromatic N) is 1. The molecule has 102 valence electrons. The van der Waals surface area contributed by atoms with Crippen molar-refractivity contribution in [3.63, 3.8) is 0 Å². The van der Waals surface area contributed by atoms with Crippen LogP contribution in [0.5, 0.6) is 0 Å². The third-order valence-corrected chi connectivity index (χ3v) is 3.32. The normalized spacial score (nSPS) is 12.4. The molecule has 0 unspecified atom stereocenters. The molecule has 0 aliphatic carbocycles. The Labute approximate surface area is 115 Å². The maximum atomic E-state index is 12.8. The van der Waals surface area contributed by atoms with Gasteiger partial charge in [-0.1, -0.05) is 13.8 Å². The van der Waals surface area contributed by atoms with E-state index in [1.54, 1.807) is 13.8 Å². The lowest BCUT2D eigenvalue weighted by Crippen LogP contribution is -2.15. The zero-order valence-corrected chi connectivity index (χ0v) is 11.7. The highest BCUT2D eigenvalue weighted by atomic mass is 79.9. The average molecular weight is 335 g/mol. The SMILES string of the molecule is CC(C)c1[nH]c(=O)nc2c(Br)cc(C(F)(F)F)cc12. The first kappa shape index (κ1) is 14.0. The third kappa shape index (κ3) is 2.65. The number of rotatable bonds is 1. The van der Waals surface area contributed by atoms with Gasteiger partial charge in [0.2, 0.25) is 0 Å². The van der Waals surface area contributed by atoms with E-state index < -0.39 is 17.4 Å². The van der Waals surface area contributed by atoms with Gasteiger partial charge in [-0.05, 0) is 34.0 Å². The molecule has 1 N–H and O–H groups in total. The number of H-pyrrole nitrogens is 1. The fourth-order valence-corrected chi connectivity index (χ4v) is 2.40. The number of aromatic amines is 1. The minimum atomic E-state index is -4.44. The molecular weight excluding hydrogens is 325 g/mol. The van der Waals surface area contributed by atoms with Crippen molar-refractivity contribution in [3.05, 3.63) is 38.3 Å². The van der Waals surface area contributed by atoms with Gasteiger partial charge in [-0.2, -0.15) is 18.2 Å². The number of hydrogen-bond donors (Lipinski definition) is 1. The highest BCUT2D eigenvalue weighted by Gasteiger charge is 2.31. The van der Waals surface area contributed by atoms with Crippen molar-refractivity contribution < 1.29 is 13.2 Å². The molecule has 0 fully saturated rings. The van der Waals surface area contributed by atoms with Crippen molar-refractivity contribution in [2.75, 3.05) is 0 Å². The van der Waals surface area contributed by atoms with Gasteiger partial charge in [0.05, 0.1) is 11.1 Å². The van der Waals surface area contributed by atoms with Crippen molar-refractivity contribution in [1.29, 1.82) is 0 Å². The summed E-state index contributed by atoms with van der Waals surface area (Å²) in [4.78, 5) is 17.6. The third-order valence-electron chi connectivity index (χ3n) is 2.71. The lowest BCUT2D eigenvalue weighted by Gasteiger charge is -2.13. The summed E-state index contributed by atoms with van der Waals surface area (Å²) in [5.41, 5.74) is -0.665. The van der Waals surface area contributed by atoms with Gasteiger partial charge < -0.3 is 4.98 Å². The largest absolute Gasteiger partial charge is 0.416 e. The van der Waals surface area contributed by atoms with E-state index in [-0.39, 0.29) is 15.9 Å². The van der Waals surface area contributed by atoms with Gasteiger partial charge in [0.25, 0.3) is 0 Å². The molecule has 2 aromatic rings. The number of halogens is 4. The van der Waals surface area contributed by atoms with Crippen molar-refractivity contribution in [2.24, 2.45) is 0 Å². The molecule has 0 atom stereocenters. The molecule has 0 bridgehead atoms. The minimum absolute atomic E-state index is 0.117. The summed E-state index contributed by atoms with van der Waals surface area (Å²) in [6.07, 6.45) is -4.44. The number of benzene rings is 1. The molecule has 1 aromatic heterocycles. The Kier molecular flexibility index (Phi) is 3.42. The number of aromatic nitrogens is 2. The van der Waals surface area contributed by atoms with Crippen LogP contribution in [0.15, 0.2) is 21.4 Å². The van der Waals surface area contributed by atoms with Gasteiger partial charge >= 0.3 is 11.9 Å². The molecule has 1 heterocycles. The molecule has 7 heteroatoms. The van der Waals surface area contributed by atoms with Crippen molar-refractivity contribution in [2.45, 2.75) is 25.9 Å². The number of hydrogen-bond acceptors (Lipinski definition) is 2. The van der Waals surface area contributed by atoms with E-state index in [9.17, 15) is 18.0 Å². The smallest absolute Gasteiger partial charge is 0.309 e. The van der Waals surface area contributed by atoms with Crippen LogP contribution in [0.2, 0.25) is 0 Å². The summed E-state index contributed by atoms with van der Waals surface area (Å²) >= 11 is 3.04. The maximum absolute atomic E-state index is 12.8. The van der Waals surface area contributed by atoms with E-state index in [2.05, 4.69) is 25.9 Å². The van der Waals surface area contributed by atoms with Crippen LogP contribution in [0.4, 0.5) is 13.2 Å². The number of fused-ring (bicyclic) bond motifs is 1. The lowest BCUT2D eigenvalue weighted by molar-refractivity contribution is -0.137. The Morgan fingerprint density at radius 2 is 1.95 bits per heavy atom. The van der Waals surface area contributed by atoms with Crippen LogP contribution in [0.25, 0.3) is 10.9 Å². The second-order valence-corrected chi connectivity index (χ2v) is 5.32. The minimum Gasteiger partial charge on any atom is -0.309 e. The fraction of sp³-hybridized carbons (Fsp3) is 0.333. The van der Waals surface area contributed by atoms with E-state index in [1.165, 1.54) is 0 Å². The first-order valence-electron chi connectivity index (χ1n) is 5.51. The topological polar surface area (TPSA) is 45.8 Å². The van der Waals surface area contributed by atoms with E-state index in [0.29, 0.717) is 11.1 Å². The standard InChI is InChI=1S/C12H10BrF3N2O/c1-5(2)9-7-3-6(12(14,15)16)4-8(13)10(7)18-11(19)17-9/h3-5H,1-2H3,(H,17,18,19). The van der Waals surface area contributed by atoms with Crippen molar-refractivity contribution >= 4 is 26.8 Å². The molecule has 0 amide bonds. The Balaban J connectivity index is 2.89. The van der Waals surface area contributed by atoms with Gasteiger partial charge in [0, 0.05) is 15.6 Å². The highest BCUT2D eigenvalue weighted by Crippen LogP contribution is 2.35.